The van der Waals surface area contributed by atoms with E-state index < -0.39 is 9.84 Å². The van der Waals surface area contributed by atoms with Crippen molar-refractivity contribution in [1.29, 1.82) is 0 Å². The third-order valence-electron chi connectivity index (χ3n) is 6.00. The van der Waals surface area contributed by atoms with Crippen molar-refractivity contribution >= 4 is 15.5 Å². The smallest absolute Gasteiger partial charge is 0.175 e. The van der Waals surface area contributed by atoms with Gasteiger partial charge in [-0.3, -0.25) is 4.98 Å². The Kier molecular flexibility index (Phi) is 6.89. The fourth-order valence-corrected chi connectivity index (χ4v) is 4.82. The summed E-state index contributed by atoms with van der Waals surface area (Å²) >= 11 is 0. The summed E-state index contributed by atoms with van der Waals surface area (Å²) in [5, 5.41) is 13.4. The first-order chi connectivity index (χ1) is 16.4. The highest BCUT2D eigenvalue weighted by atomic mass is 32.2. The van der Waals surface area contributed by atoms with E-state index in [-0.39, 0.29) is 5.92 Å². The number of rotatable bonds is 7. The van der Waals surface area contributed by atoms with Gasteiger partial charge in [0.25, 0.3) is 0 Å². The molecule has 1 unspecified atom stereocenters. The number of aryl methyl sites for hydroxylation is 1. The van der Waals surface area contributed by atoms with Gasteiger partial charge in [0.1, 0.15) is 0 Å². The van der Waals surface area contributed by atoms with Gasteiger partial charge in [0, 0.05) is 36.6 Å². The van der Waals surface area contributed by atoms with Crippen molar-refractivity contribution in [2.75, 3.05) is 6.26 Å². The molecule has 0 aliphatic rings. The van der Waals surface area contributed by atoms with Crippen molar-refractivity contribution in [3.63, 3.8) is 0 Å². The first-order valence-electron chi connectivity index (χ1n) is 10.9. The van der Waals surface area contributed by atoms with Crippen molar-refractivity contribution in [2.24, 2.45) is 5.16 Å². The zero-order chi connectivity index (χ0) is 24.1. The molecule has 0 saturated carbocycles. The fraction of sp³-hybridized carbons (Fsp3) is 0.143. The van der Waals surface area contributed by atoms with Gasteiger partial charge in [-0.25, -0.2) is 8.42 Å². The monoisotopic (exact) mass is 470 g/mol. The van der Waals surface area contributed by atoms with E-state index in [9.17, 15) is 13.6 Å². The maximum atomic E-state index is 12.0. The van der Waals surface area contributed by atoms with Crippen LogP contribution in [0.5, 0.6) is 0 Å². The van der Waals surface area contributed by atoms with Crippen LogP contribution in [0, 0.1) is 6.92 Å². The minimum atomic E-state index is -3.28. The van der Waals surface area contributed by atoms with Crippen molar-refractivity contribution in [1.82, 2.24) is 4.98 Å². The summed E-state index contributed by atoms with van der Waals surface area (Å²) in [6.45, 7) is 2.08. The number of oxime groups is 1. The number of pyridine rings is 1. The van der Waals surface area contributed by atoms with Crippen LogP contribution in [-0.2, 0) is 9.84 Å². The molecule has 5 nitrogen and oxygen atoms in total. The molecule has 4 rings (SSSR count). The molecule has 1 atom stereocenters. The maximum Gasteiger partial charge on any atom is 0.175 e. The number of benzene rings is 3. The quantitative estimate of drug-likeness (QED) is 0.208. The summed E-state index contributed by atoms with van der Waals surface area (Å²) in [6.07, 6.45) is 5.09. The first kappa shape index (κ1) is 23.4. The lowest BCUT2D eigenvalue weighted by atomic mass is 9.83. The highest BCUT2D eigenvalue weighted by molar-refractivity contribution is 7.90. The molecule has 0 amide bonds. The second-order valence-electron chi connectivity index (χ2n) is 8.32. The van der Waals surface area contributed by atoms with Crippen LogP contribution in [-0.4, -0.2) is 30.6 Å². The third kappa shape index (κ3) is 5.24. The van der Waals surface area contributed by atoms with Gasteiger partial charge in [0.15, 0.2) is 9.84 Å². The van der Waals surface area contributed by atoms with Crippen LogP contribution < -0.4 is 0 Å². The topological polar surface area (TPSA) is 79.6 Å². The van der Waals surface area contributed by atoms with Crippen molar-refractivity contribution in [3.05, 3.63) is 120 Å². The van der Waals surface area contributed by atoms with E-state index in [1.54, 1.807) is 30.6 Å². The molecule has 1 aromatic heterocycles. The largest absolute Gasteiger partial charge is 0.411 e. The zero-order valence-corrected chi connectivity index (χ0v) is 19.9. The molecule has 1 N–H and O–H groups in total. The summed E-state index contributed by atoms with van der Waals surface area (Å²) in [5.74, 6) is -0.0309. The lowest BCUT2D eigenvalue weighted by molar-refractivity contribution is 0.317. The van der Waals surface area contributed by atoms with E-state index in [0.717, 1.165) is 33.4 Å². The molecule has 0 radical (unpaired) electrons. The number of hydrogen-bond donors (Lipinski definition) is 1. The van der Waals surface area contributed by atoms with Crippen molar-refractivity contribution in [3.8, 4) is 11.1 Å². The number of hydrogen-bond acceptors (Lipinski definition) is 5. The zero-order valence-electron chi connectivity index (χ0n) is 19.1. The molecule has 0 fully saturated rings. The Bertz CT molecular complexity index is 1410. The predicted octanol–water partition coefficient (Wildman–Crippen LogP) is 5.86. The predicted molar refractivity (Wildman–Crippen MR) is 135 cm³/mol. The highest BCUT2D eigenvalue weighted by Gasteiger charge is 2.20. The van der Waals surface area contributed by atoms with E-state index in [4.69, 9.17) is 0 Å². The third-order valence-corrected chi connectivity index (χ3v) is 7.11. The van der Waals surface area contributed by atoms with Gasteiger partial charge in [-0.1, -0.05) is 65.8 Å². The Hall–Kier alpha value is -3.77. The Balaban J connectivity index is 1.72. The highest BCUT2D eigenvalue weighted by Crippen LogP contribution is 2.33. The summed E-state index contributed by atoms with van der Waals surface area (Å²) in [6, 6.07) is 27.0. The average molecular weight is 471 g/mol. The molecule has 0 aliphatic carbocycles. The minimum absolute atomic E-state index is 0.0309. The lowest BCUT2D eigenvalue weighted by Gasteiger charge is -2.21. The average Bonchev–Trinajstić information content (AvgIpc) is 2.86. The summed E-state index contributed by atoms with van der Waals surface area (Å²) in [7, 11) is -3.28. The molecule has 172 valence electrons. The van der Waals surface area contributed by atoms with E-state index in [2.05, 4.69) is 41.3 Å². The van der Waals surface area contributed by atoms with Gasteiger partial charge in [-0.05, 0) is 59.0 Å². The normalized spacial score (nSPS) is 12.9. The summed E-state index contributed by atoms with van der Waals surface area (Å²) < 4.78 is 23.9. The molecule has 0 saturated heterocycles. The molecule has 0 bridgehead atoms. The fourth-order valence-electron chi connectivity index (χ4n) is 4.15. The molecule has 1 heterocycles. The molecule has 4 aromatic rings. The minimum Gasteiger partial charge on any atom is -0.411 e. The Morgan fingerprint density at radius 3 is 2.26 bits per heavy atom. The molecular weight excluding hydrogens is 444 g/mol. The maximum absolute atomic E-state index is 12.0. The van der Waals surface area contributed by atoms with E-state index in [1.165, 1.54) is 6.26 Å². The van der Waals surface area contributed by atoms with Crippen LogP contribution in [0.2, 0.25) is 0 Å². The molecule has 0 aliphatic heterocycles. The summed E-state index contributed by atoms with van der Waals surface area (Å²) in [4.78, 5) is 4.36. The van der Waals surface area contributed by atoms with Crippen LogP contribution in [0.25, 0.3) is 11.1 Å². The molecular formula is C28H26N2O3S. The number of sulfone groups is 1. The molecule has 0 spiro atoms. The van der Waals surface area contributed by atoms with Crippen LogP contribution in [0.3, 0.4) is 0 Å². The summed E-state index contributed by atoms with van der Waals surface area (Å²) in [5.41, 5.74) is 6.58. The van der Waals surface area contributed by atoms with E-state index in [1.807, 2.05) is 42.5 Å². The van der Waals surface area contributed by atoms with Gasteiger partial charge < -0.3 is 5.21 Å². The Labute approximate surface area is 200 Å². The first-order valence-corrected chi connectivity index (χ1v) is 12.8. The second-order valence-corrected chi connectivity index (χ2v) is 10.3. The van der Waals surface area contributed by atoms with E-state index >= 15 is 0 Å². The number of nitrogens with zero attached hydrogens (tertiary/aromatic N) is 2. The van der Waals surface area contributed by atoms with Gasteiger partial charge in [0.2, 0.25) is 0 Å². The molecule has 3 aromatic carbocycles. The van der Waals surface area contributed by atoms with Crippen molar-refractivity contribution < 1.29 is 13.6 Å². The van der Waals surface area contributed by atoms with Gasteiger partial charge >= 0.3 is 0 Å². The van der Waals surface area contributed by atoms with Crippen LogP contribution >= 0.6 is 0 Å². The van der Waals surface area contributed by atoms with Crippen molar-refractivity contribution in [2.45, 2.75) is 24.2 Å². The van der Waals surface area contributed by atoms with Crippen LogP contribution in [0.1, 0.15) is 34.6 Å². The second kappa shape index (κ2) is 10.0. The van der Waals surface area contributed by atoms with Gasteiger partial charge in [-0.2, -0.15) is 0 Å². The standard InChI is InChI=1S/C28H26N2O3S/c1-20-6-3-4-9-26(20)27(19-28(30-31)23-14-16-29-17-15-23)22-12-10-21(11-13-22)24-7-5-8-25(18-24)34(2,32)33/h3-18,27,31H,19H2,1-2H3/b30-28-. The van der Waals surface area contributed by atoms with E-state index in [0.29, 0.717) is 17.0 Å². The lowest BCUT2D eigenvalue weighted by Crippen LogP contribution is -2.11. The molecule has 34 heavy (non-hydrogen) atoms. The SMILES string of the molecule is Cc1ccccc1C(C/C(=N/O)c1ccncc1)c1ccc(-c2cccc(S(C)(=O)=O)c2)cc1. The van der Waals surface area contributed by atoms with Crippen LogP contribution in [0.4, 0.5) is 0 Å². The van der Waals surface area contributed by atoms with Crippen LogP contribution in [0.15, 0.2) is 107 Å². The Morgan fingerprint density at radius 1 is 0.912 bits per heavy atom. The Morgan fingerprint density at radius 2 is 1.62 bits per heavy atom. The van der Waals surface area contributed by atoms with Gasteiger partial charge in [-0.15, -0.1) is 0 Å². The van der Waals surface area contributed by atoms with Gasteiger partial charge in [0.05, 0.1) is 10.6 Å². The molecule has 6 heteroatoms. The number of aromatic nitrogens is 1.